The van der Waals surface area contributed by atoms with Crippen LogP contribution in [0.25, 0.3) is 11.3 Å². The summed E-state index contributed by atoms with van der Waals surface area (Å²) in [6.07, 6.45) is 4.71. The van der Waals surface area contributed by atoms with E-state index in [-0.39, 0.29) is 6.42 Å². The van der Waals surface area contributed by atoms with Crippen molar-refractivity contribution in [2.24, 2.45) is 0 Å². The third kappa shape index (κ3) is 6.94. The molecule has 3 aromatic rings. The first-order chi connectivity index (χ1) is 18.7. The molecule has 1 saturated heterocycles. The third-order valence-electron chi connectivity index (χ3n) is 6.39. The van der Waals surface area contributed by atoms with Gasteiger partial charge in [0.05, 0.1) is 15.6 Å². The normalized spacial score (nSPS) is 14.1. The van der Waals surface area contributed by atoms with Crippen molar-refractivity contribution in [2.45, 2.75) is 58.5 Å². The molecule has 2 heterocycles. The van der Waals surface area contributed by atoms with E-state index in [0.717, 1.165) is 30.8 Å². The molecule has 1 amide bonds. The topological polar surface area (TPSA) is 83.2 Å². The van der Waals surface area contributed by atoms with Crippen LogP contribution in [0.5, 0.6) is 5.75 Å². The number of carbonyl (C=O) groups excluding carboxylic acids is 1. The Balaban J connectivity index is 1.59. The number of benzene rings is 2. The smallest absolute Gasteiger partial charge is 0.303 e. The summed E-state index contributed by atoms with van der Waals surface area (Å²) in [4.78, 5) is 27.9. The highest BCUT2D eigenvalue weighted by Gasteiger charge is 2.23. The van der Waals surface area contributed by atoms with Gasteiger partial charge in [-0.2, -0.15) is 0 Å². The largest absolute Gasteiger partial charge is 0.493 e. The quantitative estimate of drug-likeness (QED) is 0.277. The number of furan rings is 1. The first-order valence-corrected chi connectivity index (χ1v) is 12.9. The third-order valence-corrected chi connectivity index (χ3v) is 6.39. The molecule has 1 N–H and O–H groups in total. The zero-order chi connectivity index (χ0) is 28.0. The highest BCUT2D eigenvalue weighted by molar-refractivity contribution is 5.95. The summed E-state index contributed by atoms with van der Waals surface area (Å²) < 4.78 is 29.9. The van der Waals surface area contributed by atoms with Crippen molar-refractivity contribution in [1.82, 2.24) is 4.90 Å². The molecule has 1 fully saturated rings. The molecular weight excluding hydrogens is 468 g/mol. The molecule has 1 aliphatic heterocycles. The van der Waals surface area contributed by atoms with Crippen molar-refractivity contribution in [1.29, 1.82) is 0 Å². The van der Waals surface area contributed by atoms with E-state index in [9.17, 15) is 12.3 Å². The maximum absolute atomic E-state index is 13.8. The lowest BCUT2D eigenvalue weighted by molar-refractivity contribution is -0.137. The van der Waals surface area contributed by atoms with Crippen LogP contribution in [0.15, 0.2) is 65.3 Å². The molecule has 7 nitrogen and oxygen atoms in total. The van der Waals surface area contributed by atoms with Gasteiger partial charge in [0.15, 0.2) is 0 Å². The summed E-state index contributed by atoms with van der Waals surface area (Å²) in [6.45, 7) is 3.58. The Bertz CT molecular complexity index is 1250. The van der Waals surface area contributed by atoms with Crippen LogP contribution in [-0.2, 0) is 11.3 Å². The lowest BCUT2D eigenvalue weighted by atomic mass is 10.1. The number of amides is 1. The predicted molar refractivity (Wildman–Crippen MR) is 144 cm³/mol. The molecule has 0 radical (unpaired) electrons. The van der Waals surface area contributed by atoms with Crippen molar-refractivity contribution in [2.75, 3.05) is 24.6 Å². The van der Waals surface area contributed by atoms with Crippen molar-refractivity contribution in [3.8, 4) is 17.1 Å². The van der Waals surface area contributed by atoms with Crippen molar-refractivity contribution < 1.29 is 26.6 Å². The number of hydrogen-bond donors (Lipinski definition) is 1. The first kappa shape index (κ1) is 23.6. The van der Waals surface area contributed by atoms with Crippen LogP contribution in [0.3, 0.4) is 0 Å². The number of carbonyl (C=O) groups is 2. The molecule has 0 unspecified atom stereocenters. The van der Waals surface area contributed by atoms with Crippen LogP contribution >= 0.6 is 0 Å². The number of unbranched alkanes of at least 4 members (excludes halogenated alkanes) is 2. The zero-order valence-electron chi connectivity index (χ0n) is 23.5. The van der Waals surface area contributed by atoms with Gasteiger partial charge in [-0.05, 0) is 82.0 Å². The molecule has 0 atom stereocenters. The summed E-state index contributed by atoms with van der Waals surface area (Å²) in [7, 11) is 0. The Kier molecular flexibility index (Phi) is 7.98. The second kappa shape index (κ2) is 12.5. The van der Waals surface area contributed by atoms with Gasteiger partial charge in [-0.1, -0.05) is 12.1 Å². The number of ether oxygens (including phenoxy) is 1. The van der Waals surface area contributed by atoms with Gasteiger partial charge in [0.1, 0.15) is 11.5 Å². The van der Waals surface area contributed by atoms with Crippen LogP contribution in [0.2, 0.25) is 0 Å². The van der Waals surface area contributed by atoms with Gasteiger partial charge in [-0.25, -0.2) is 0 Å². The molecule has 0 saturated carbocycles. The highest BCUT2D eigenvalue weighted by atomic mass is 16.5. The molecule has 196 valence electrons. The summed E-state index contributed by atoms with van der Waals surface area (Å²) in [5.41, 5.74) is 2.40. The summed E-state index contributed by atoms with van der Waals surface area (Å²) in [6, 6.07) is 15.7. The van der Waals surface area contributed by atoms with Crippen molar-refractivity contribution in [3.63, 3.8) is 0 Å². The van der Waals surface area contributed by atoms with E-state index in [1.165, 1.54) is 4.90 Å². The van der Waals surface area contributed by atoms with Gasteiger partial charge in [0.25, 0.3) is 5.91 Å². The Morgan fingerprint density at radius 2 is 1.89 bits per heavy atom. The molecule has 0 spiro atoms. The summed E-state index contributed by atoms with van der Waals surface area (Å²) in [5, 5.41) is 8.84. The van der Waals surface area contributed by atoms with Gasteiger partial charge in [0.2, 0.25) is 0 Å². The number of rotatable bonds is 13. The number of nitrogens with zero attached hydrogens (tertiary/aromatic N) is 2. The van der Waals surface area contributed by atoms with Gasteiger partial charge in [-0.3, -0.25) is 9.59 Å². The fourth-order valence-corrected chi connectivity index (χ4v) is 4.14. The molecular formula is C30H36N2O5. The number of aliphatic carboxylic acids is 1. The monoisotopic (exact) mass is 506 g/mol. The Hall–Kier alpha value is -3.74. The Morgan fingerprint density at radius 1 is 1.11 bits per heavy atom. The molecule has 4 rings (SSSR count). The molecule has 0 aliphatic carbocycles. The van der Waals surface area contributed by atoms with Crippen molar-refractivity contribution in [3.05, 3.63) is 72.0 Å². The fraction of sp³-hybridized carbons (Fsp3) is 0.400. The van der Waals surface area contributed by atoms with Crippen LogP contribution in [0.4, 0.5) is 5.69 Å². The van der Waals surface area contributed by atoms with Crippen LogP contribution < -0.4 is 9.64 Å². The Labute approximate surface area is 221 Å². The van der Waals surface area contributed by atoms with E-state index < -0.39 is 24.4 Å². The van der Waals surface area contributed by atoms with Gasteiger partial charge in [0, 0.05) is 54.4 Å². The van der Waals surface area contributed by atoms with Crippen LogP contribution in [0, 0.1) is 0 Å². The number of carboxylic acid groups (broad SMARTS) is 1. The molecule has 7 heteroatoms. The van der Waals surface area contributed by atoms with Gasteiger partial charge in [-0.15, -0.1) is 0 Å². The molecule has 1 aliphatic rings. The minimum absolute atomic E-state index is 0.117. The Morgan fingerprint density at radius 3 is 2.51 bits per heavy atom. The van der Waals surface area contributed by atoms with E-state index in [4.69, 9.17) is 14.3 Å². The average molecular weight is 507 g/mol. The average Bonchev–Trinajstić information content (AvgIpc) is 3.40. The summed E-state index contributed by atoms with van der Waals surface area (Å²) in [5.74, 6) is -0.163. The number of carboxylic acids is 1. The zero-order valence-corrected chi connectivity index (χ0v) is 21.5. The molecule has 2 aromatic carbocycles. The minimum atomic E-state index is -2.16. The van der Waals surface area contributed by atoms with Gasteiger partial charge < -0.3 is 24.1 Å². The lowest BCUT2D eigenvalue weighted by Crippen LogP contribution is -2.38. The minimum Gasteiger partial charge on any atom is -0.493 e. The standard InChI is InChI=1S/C30H36N2O5/c1-22(2)32(30(35)24-12-10-23(11-13-24)27-8-6-19-37-27)21-25-20-26(31-16-7-17-31)14-15-28(25)36-18-5-3-4-9-29(33)34/h6,8,10-15,19-20,22H,3-5,7,9,16-18,21H2,1-2H3,(H,33,34)/i21D2. The van der Waals surface area contributed by atoms with Crippen molar-refractivity contribution >= 4 is 17.6 Å². The molecule has 0 bridgehead atoms. The maximum atomic E-state index is 13.8. The maximum Gasteiger partial charge on any atom is 0.303 e. The van der Waals surface area contributed by atoms with Gasteiger partial charge >= 0.3 is 5.97 Å². The second-order valence-electron chi connectivity index (χ2n) is 9.51. The van der Waals surface area contributed by atoms with Crippen LogP contribution in [-0.4, -0.2) is 47.6 Å². The first-order valence-electron chi connectivity index (χ1n) is 13.9. The van der Waals surface area contributed by atoms with E-state index in [2.05, 4.69) is 4.90 Å². The molecule has 1 aromatic heterocycles. The molecule has 37 heavy (non-hydrogen) atoms. The van der Waals surface area contributed by atoms with Crippen LogP contribution in [0.1, 0.15) is 64.6 Å². The second-order valence-corrected chi connectivity index (χ2v) is 9.51. The van der Waals surface area contributed by atoms with E-state index in [1.54, 1.807) is 62.6 Å². The predicted octanol–water partition coefficient (Wildman–Crippen LogP) is 6.23. The van der Waals surface area contributed by atoms with E-state index >= 15 is 0 Å². The van der Waals surface area contributed by atoms with E-state index in [0.29, 0.717) is 48.5 Å². The number of anilines is 1. The lowest BCUT2D eigenvalue weighted by Gasteiger charge is -2.34. The summed E-state index contributed by atoms with van der Waals surface area (Å²) >= 11 is 0. The highest BCUT2D eigenvalue weighted by Crippen LogP contribution is 2.30. The SMILES string of the molecule is [2H]C([2H])(c1cc(N2CCC2)ccc1OCCCCCC(=O)O)N(C(=O)c1ccc(-c2ccco2)cc1)C(C)C. The number of hydrogen-bond acceptors (Lipinski definition) is 5. The fourth-order valence-electron chi connectivity index (χ4n) is 4.14. The van der Waals surface area contributed by atoms with E-state index in [1.807, 2.05) is 12.1 Å².